The first-order valence-electron chi connectivity index (χ1n) is 6.83. The van der Waals surface area contributed by atoms with Gasteiger partial charge >= 0.3 is 0 Å². The van der Waals surface area contributed by atoms with Gasteiger partial charge in [-0.3, -0.25) is 0 Å². The molecule has 0 radical (unpaired) electrons. The van der Waals surface area contributed by atoms with Gasteiger partial charge in [0.2, 0.25) is 5.95 Å². The highest BCUT2D eigenvalue weighted by molar-refractivity contribution is 5.55. The second-order valence-electron chi connectivity index (χ2n) is 4.78. The molecule has 1 aromatic carbocycles. The third-order valence-corrected chi connectivity index (χ3v) is 2.98. The standard InChI is InChI=1S/C16H15FN4O/c1-11-9-15(18-10-14-3-2-8-22-14)21-16(19-11)20-13-6-4-12(17)5-7-13/h2-9H,10H2,1H3,(H2,18,19,20,21). The summed E-state index contributed by atoms with van der Waals surface area (Å²) >= 11 is 0. The summed E-state index contributed by atoms with van der Waals surface area (Å²) in [4.78, 5) is 8.70. The monoisotopic (exact) mass is 298 g/mol. The van der Waals surface area contributed by atoms with E-state index < -0.39 is 0 Å². The Morgan fingerprint density at radius 2 is 1.95 bits per heavy atom. The molecule has 2 N–H and O–H groups in total. The quantitative estimate of drug-likeness (QED) is 0.748. The highest BCUT2D eigenvalue weighted by Crippen LogP contribution is 2.16. The molecule has 0 bridgehead atoms. The molecule has 3 aromatic rings. The Labute approximate surface area is 127 Å². The Morgan fingerprint density at radius 1 is 1.14 bits per heavy atom. The van der Waals surface area contributed by atoms with Crippen molar-refractivity contribution in [3.05, 3.63) is 66.0 Å². The molecule has 0 aliphatic rings. The molecule has 22 heavy (non-hydrogen) atoms. The van der Waals surface area contributed by atoms with Crippen molar-refractivity contribution in [2.75, 3.05) is 10.6 Å². The average molecular weight is 298 g/mol. The summed E-state index contributed by atoms with van der Waals surface area (Å²) in [6.45, 7) is 2.43. The van der Waals surface area contributed by atoms with Gasteiger partial charge < -0.3 is 15.1 Å². The molecule has 6 heteroatoms. The summed E-state index contributed by atoms with van der Waals surface area (Å²) in [6, 6.07) is 11.6. The van der Waals surface area contributed by atoms with Crippen LogP contribution in [0.25, 0.3) is 0 Å². The highest BCUT2D eigenvalue weighted by atomic mass is 19.1. The van der Waals surface area contributed by atoms with Gasteiger partial charge in [0.1, 0.15) is 17.4 Å². The fourth-order valence-electron chi connectivity index (χ4n) is 1.97. The maximum atomic E-state index is 12.9. The van der Waals surface area contributed by atoms with Crippen molar-refractivity contribution in [2.45, 2.75) is 13.5 Å². The third kappa shape index (κ3) is 3.60. The van der Waals surface area contributed by atoms with E-state index in [4.69, 9.17) is 4.42 Å². The van der Waals surface area contributed by atoms with E-state index in [0.717, 1.165) is 17.1 Å². The van der Waals surface area contributed by atoms with Gasteiger partial charge in [-0.25, -0.2) is 9.37 Å². The largest absolute Gasteiger partial charge is 0.467 e. The number of aryl methyl sites for hydroxylation is 1. The van der Waals surface area contributed by atoms with Crippen molar-refractivity contribution in [3.8, 4) is 0 Å². The van der Waals surface area contributed by atoms with Crippen LogP contribution in [0.4, 0.5) is 21.8 Å². The van der Waals surface area contributed by atoms with Gasteiger partial charge in [0.05, 0.1) is 12.8 Å². The van der Waals surface area contributed by atoms with Crippen molar-refractivity contribution in [1.82, 2.24) is 9.97 Å². The maximum Gasteiger partial charge on any atom is 0.229 e. The molecule has 2 aromatic heterocycles. The van der Waals surface area contributed by atoms with Crippen molar-refractivity contribution >= 4 is 17.5 Å². The molecular weight excluding hydrogens is 283 g/mol. The number of anilines is 3. The van der Waals surface area contributed by atoms with Crippen LogP contribution in [0.15, 0.2) is 53.1 Å². The lowest BCUT2D eigenvalue weighted by molar-refractivity contribution is 0.518. The zero-order valence-electron chi connectivity index (χ0n) is 12.0. The molecule has 0 fully saturated rings. The van der Waals surface area contributed by atoms with Crippen LogP contribution < -0.4 is 10.6 Å². The van der Waals surface area contributed by atoms with Crippen LogP contribution in [0.3, 0.4) is 0 Å². The third-order valence-electron chi connectivity index (χ3n) is 2.98. The minimum atomic E-state index is -0.281. The fourth-order valence-corrected chi connectivity index (χ4v) is 1.97. The maximum absolute atomic E-state index is 12.9. The van der Waals surface area contributed by atoms with E-state index in [1.54, 1.807) is 18.4 Å². The Bertz CT molecular complexity index is 741. The molecule has 2 heterocycles. The van der Waals surface area contributed by atoms with E-state index in [-0.39, 0.29) is 5.82 Å². The van der Waals surface area contributed by atoms with Crippen LogP contribution in [0, 0.1) is 12.7 Å². The molecule has 3 rings (SSSR count). The second kappa shape index (κ2) is 6.26. The summed E-state index contributed by atoms with van der Waals surface area (Å²) in [5.74, 6) is 1.68. The number of rotatable bonds is 5. The van der Waals surface area contributed by atoms with Crippen molar-refractivity contribution in [2.24, 2.45) is 0 Å². The predicted octanol–water partition coefficient (Wildman–Crippen LogP) is 3.87. The summed E-state index contributed by atoms with van der Waals surface area (Å²) in [7, 11) is 0. The summed E-state index contributed by atoms with van der Waals surface area (Å²) in [5, 5.41) is 6.23. The molecule has 5 nitrogen and oxygen atoms in total. The first-order chi connectivity index (χ1) is 10.7. The van der Waals surface area contributed by atoms with E-state index in [9.17, 15) is 4.39 Å². The van der Waals surface area contributed by atoms with Crippen LogP contribution in [-0.4, -0.2) is 9.97 Å². The molecule has 0 amide bonds. The summed E-state index contributed by atoms with van der Waals surface area (Å²) in [6.07, 6.45) is 1.63. The highest BCUT2D eigenvalue weighted by Gasteiger charge is 2.04. The molecule has 0 unspecified atom stereocenters. The minimum absolute atomic E-state index is 0.281. The fraction of sp³-hybridized carbons (Fsp3) is 0.125. The summed E-state index contributed by atoms with van der Waals surface area (Å²) < 4.78 is 18.2. The number of halogens is 1. The number of hydrogen-bond acceptors (Lipinski definition) is 5. The topological polar surface area (TPSA) is 63.0 Å². The minimum Gasteiger partial charge on any atom is -0.467 e. The SMILES string of the molecule is Cc1cc(NCc2ccco2)nc(Nc2ccc(F)cc2)n1. The molecule has 0 saturated heterocycles. The Hall–Kier alpha value is -2.89. The number of aromatic nitrogens is 2. The normalized spacial score (nSPS) is 10.5. The van der Waals surface area contributed by atoms with E-state index >= 15 is 0 Å². The predicted molar refractivity (Wildman–Crippen MR) is 82.5 cm³/mol. The number of hydrogen-bond donors (Lipinski definition) is 2. The van der Waals surface area contributed by atoms with E-state index in [1.807, 2.05) is 25.1 Å². The first-order valence-corrected chi connectivity index (χ1v) is 6.83. The Morgan fingerprint density at radius 3 is 2.68 bits per heavy atom. The van der Waals surface area contributed by atoms with Gasteiger partial charge in [0.25, 0.3) is 0 Å². The Balaban J connectivity index is 1.73. The lowest BCUT2D eigenvalue weighted by Crippen LogP contribution is -2.05. The van der Waals surface area contributed by atoms with Crippen molar-refractivity contribution in [3.63, 3.8) is 0 Å². The van der Waals surface area contributed by atoms with E-state index in [0.29, 0.717) is 18.3 Å². The van der Waals surface area contributed by atoms with Crippen molar-refractivity contribution in [1.29, 1.82) is 0 Å². The lowest BCUT2D eigenvalue weighted by Gasteiger charge is -2.09. The molecule has 0 atom stereocenters. The molecule has 0 spiro atoms. The van der Waals surface area contributed by atoms with Gasteiger partial charge in [0.15, 0.2) is 0 Å². The second-order valence-corrected chi connectivity index (χ2v) is 4.78. The smallest absolute Gasteiger partial charge is 0.229 e. The van der Waals surface area contributed by atoms with Gasteiger partial charge in [0, 0.05) is 17.4 Å². The van der Waals surface area contributed by atoms with Crippen LogP contribution >= 0.6 is 0 Å². The Kier molecular flexibility index (Phi) is 4.00. The molecular formula is C16H15FN4O. The first kappa shape index (κ1) is 14.1. The van der Waals surface area contributed by atoms with Crippen LogP contribution in [0.2, 0.25) is 0 Å². The number of nitrogens with zero attached hydrogens (tertiary/aromatic N) is 2. The van der Waals surface area contributed by atoms with Gasteiger partial charge in [-0.05, 0) is 43.3 Å². The zero-order valence-corrected chi connectivity index (χ0v) is 12.0. The molecule has 112 valence electrons. The van der Waals surface area contributed by atoms with E-state index in [1.165, 1.54) is 12.1 Å². The van der Waals surface area contributed by atoms with Crippen molar-refractivity contribution < 1.29 is 8.81 Å². The van der Waals surface area contributed by atoms with Gasteiger partial charge in [-0.15, -0.1) is 0 Å². The van der Waals surface area contributed by atoms with Crippen LogP contribution in [0.1, 0.15) is 11.5 Å². The average Bonchev–Trinajstić information content (AvgIpc) is 3.00. The number of benzene rings is 1. The van der Waals surface area contributed by atoms with Gasteiger partial charge in [-0.2, -0.15) is 4.98 Å². The molecule has 0 aliphatic heterocycles. The number of nitrogens with one attached hydrogen (secondary N) is 2. The van der Waals surface area contributed by atoms with Gasteiger partial charge in [-0.1, -0.05) is 0 Å². The lowest BCUT2D eigenvalue weighted by atomic mass is 10.3. The molecule has 0 saturated carbocycles. The summed E-state index contributed by atoms with van der Waals surface area (Å²) in [5.41, 5.74) is 1.55. The zero-order chi connectivity index (χ0) is 15.4. The van der Waals surface area contributed by atoms with Crippen LogP contribution in [0.5, 0.6) is 0 Å². The molecule has 0 aliphatic carbocycles. The van der Waals surface area contributed by atoms with E-state index in [2.05, 4.69) is 20.6 Å². The number of furan rings is 1. The van der Waals surface area contributed by atoms with Crippen LogP contribution in [-0.2, 0) is 6.54 Å².